The van der Waals surface area contributed by atoms with E-state index in [1.165, 1.54) is 12.1 Å². The molecule has 0 aromatic heterocycles. The van der Waals surface area contributed by atoms with Crippen LogP contribution in [0.1, 0.15) is 47.4 Å². The number of hydrogen-bond donors (Lipinski definition) is 3. The number of hydrogen-bond acceptors (Lipinski definition) is 7. The minimum atomic E-state index is -0.521. The molecule has 2 rings (SSSR count). The summed E-state index contributed by atoms with van der Waals surface area (Å²) in [5.41, 5.74) is 5.53. The molecule has 0 atom stereocenters. The molecule has 2 amide bonds. The van der Waals surface area contributed by atoms with Gasteiger partial charge in [0.05, 0.1) is 18.8 Å². The Hall–Kier alpha value is -3.66. The quantitative estimate of drug-likeness (QED) is 0.209. The number of hydrazine groups is 1. The predicted molar refractivity (Wildman–Crippen MR) is 126 cm³/mol. The van der Waals surface area contributed by atoms with Gasteiger partial charge in [-0.3, -0.25) is 25.8 Å². The number of esters is 1. The average Bonchev–Trinajstić information content (AvgIpc) is 2.82. The van der Waals surface area contributed by atoms with Crippen LogP contribution < -0.4 is 25.6 Å². The lowest BCUT2D eigenvalue weighted by atomic mass is 10.2. The maximum absolute atomic E-state index is 12.3. The molecule has 176 valence electrons. The van der Waals surface area contributed by atoms with E-state index in [9.17, 15) is 14.4 Å². The van der Waals surface area contributed by atoms with Crippen molar-refractivity contribution in [3.8, 4) is 11.5 Å². The van der Waals surface area contributed by atoms with Crippen molar-refractivity contribution in [2.75, 3.05) is 19.8 Å². The summed E-state index contributed by atoms with van der Waals surface area (Å²) in [4.78, 5) is 35.9. The zero-order valence-corrected chi connectivity index (χ0v) is 19.3. The number of rotatable bonds is 10. The van der Waals surface area contributed by atoms with Crippen molar-refractivity contribution in [3.63, 3.8) is 0 Å². The lowest BCUT2D eigenvalue weighted by molar-refractivity contribution is -0.123. The van der Waals surface area contributed by atoms with Crippen molar-refractivity contribution in [2.45, 2.75) is 26.7 Å². The summed E-state index contributed by atoms with van der Waals surface area (Å²) in [6, 6.07) is 12.9. The number of amides is 2. The first-order valence-corrected chi connectivity index (χ1v) is 10.9. The molecule has 0 spiro atoms. The number of nitrogens with one attached hydrogen (secondary N) is 3. The van der Waals surface area contributed by atoms with Crippen molar-refractivity contribution >= 4 is 35.1 Å². The van der Waals surface area contributed by atoms with Crippen LogP contribution in [-0.4, -0.2) is 42.7 Å². The summed E-state index contributed by atoms with van der Waals surface area (Å²) < 4.78 is 15.8. The fourth-order valence-electron chi connectivity index (χ4n) is 2.48. The molecule has 0 unspecified atom stereocenters. The first-order chi connectivity index (χ1) is 15.9. The molecule has 0 radical (unpaired) electrons. The van der Waals surface area contributed by atoms with Crippen LogP contribution >= 0.6 is 12.2 Å². The normalized spacial score (nSPS) is 10.0. The molecule has 2 aromatic rings. The maximum Gasteiger partial charge on any atom is 0.338 e. The highest BCUT2D eigenvalue weighted by Crippen LogP contribution is 2.14. The van der Waals surface area contributed by atoms with Gasteiger partial charge in [-0.15, -0.1) is 0 Å². The number of carbonyl (C=O) groups is 3. The fourth-order valence-corrected chi connectivity index (χ4v) is 2.62. The third-order valence-corrected chi connectivity index (χ3v) is 4.34. The van der Waals surface area contributed by atoms with Gasteiger partial charge < -0.3 is 14.2 Å². The maximum atomic E-state index is 12.3. The molecule has 0 bridgehead atoms. The second-order valence-electron chi connectivity index (χ2n) is 6.72. The van der Waals surface area contributed by atoms with Crippen LogP contribution in [-0.2, 0) is 9.53 Å². The van der Waals surface area contributed by atoms with Crippen LogP contribution in [0.3, 0.4) is 0 Å². The van der Waals surface area contributed by atoms with E-state index in [1.807, 2.05) is 0 Å². The summed E-state index contributed by atoms with van der Waals surface area (Å²) in [7, 11) is 0. The Morgan fingerprint density at radius 1 is 0.909 bits per heavy atom. The van der Waals surface area contributed by atoms with E-state index >= 15 is 0 Å². The van der Waals surface area contributed by atoms with Crippen LogP contribution in [0.25, 0.3) is 0 Å². The van der Waals surface area contributed by atoms with E-state index in [-0.39, 0.29) is 18.3 Å². The van der Waals surface area contributed by atoms with E-state index in [4.69, 9.17) is 26.4 Å². The molecule has 3 N–H and O–H groups in total. The molecule has 0 saturated heterocycles. The number of thiocarbonyl (C=S) groups is 1. The number of benzene rings is 2. The number of ether oxygens (including phenoxy) is 3. The highest BCUT2D eigenvalue weighted by atomic mass is 32.1. The minimum Gasteiger partial charge on any atom is -0.494 e. The molecular weight excluding hydrogens is 446 g/mol. The van der Waals surface area contributed by atoms with Crippen molar-refractivity contribution in [3.05, 3.63) is 59.7 Å². The molecule has 0 saturated carbocycles. The zero-order chi connectivity index (χ0) is 24.1. The van der Waals surface area contributed by atoms with E-state index in [2.05, 4.69) is 23.1 Å². The molecule has 9 nitrogen and oxygen atoms in total. The smallest absolute Gasteiger partial charge is 0.338 e. The lowest BCUT2D eigenvalue weighted by Gasteiger charge is -2.12. The van der Waals surface area contributed by atoms with Gasteiger partial charge in [-0.1, -0.05) is 19.4 Å². The summed E-state index contributed by atoms with van der Waals surface area (Å²) >= 11 is 5.03. The minimum absolute atomic E-state index is 0.0792. The monoisotopic (exact) mass is 473 g/mol. The van der Waals surface area contributed by atoms with Crippen LogP contribution in [0.2, 0.25) is 0 Å². The Labute approximate surface area is 197 Å². The van der Waals surface area contributed by atoms with E-state index in [0.717, 1.165) is 12.8 Å². The van der Waals surface area contributed by atoms with Crippen LogP contribution in [0, 0.1) is 0 Å². The number of carbonyl (C=O) groups excluding carboxylic acids is 3. The standard InChI is InChI=1S/C23H27N3O6S/c1-3-5-13-31-19-8-6-7-17(14-19)21(28)24-23(33)26-25-20(27)15-32-18-11-9-16(10-12-18)22(29)30-4-2/h6-12,14H,3-5,13,15H2,1-2H3,(H,25,27)(H2,24,26,28,33). The largest absolute Gasteiger partial charge is 0.494 e. The van der Waals surface area contributed by atoms with Crippen molar-refractivity contribution in [2.24, 2.45) is 0 Å². The van der Waals surface area contributed by atoms with Gasteiger partial charge in [0.1, 0.15) is 11.5 Å². The second-order valence-corrected chi connectivity index (χ2v) is 7.13. The lowest BCUT2D eigenvalue weighted by Crippen LogP contribution is -2.49. The molecule has 0 aliphatic carbocycles. The zero-order valence-electron chi connectivity index (χ0n) is 18.5. The topological polar surface area (TPSA) is 115 Å². The first kappa shape index (κ1) is 25.6. The summed E-state index contributed by atoms with van der Waals surface area (Å²) in [5.74, 6) is -0.406. The summed E-state index contributed by atoms with van der Waals surface area (Å²) in [5, 5.41) is 2.39. The van der Waals surface area contributed by atoms with Crippen molar-refractivity contribution in [1.29, 1.82) is 0 Å². The van der Waals surface area contributed by atoms with Crippen LogP contribution in [0.5, 0.6) is 11.5 Å². The Bertz CT molecular complexity index is 965. The molecule has 0 aliphatic rings. The highest BCUT2D eigenvalue weighted by Gasteiger charge is 2.11. The van der Waals surface area contributed by atoms with E-state index in [0.29, 0.717) is 29.2 Å². The highest BCUT2D eigenvalue weighted by molar-refractivity contribution is 7.80. The third kappa shape index (κ3) is 9.16. The van der Waals surface area contributed by atoms with Gasteiger partial charge in [0.25, 0.3) is 11.8 Å². The van der Waals surface area contributed by atoms with Gasteiger partial charge in [-0.25, -0.2) is 4.79 Å². The van der Waals surface area contributed by atoms with Crippen molar-refractivity contribution < 1.29 is 28.6 Å². The van der Waals surface area contributed by atoms with Crippen LogP contribution in [0.4, 0.5) is 0 Å². The predicted octanol–water partition coefficient (Wildman–Crippen LogP) is 2.76. The fraction of sp³-hybridized carbons (Fsp3) is 0.304. The molecule has 0 heterocycles. The van der Waals surface area contributed by atoms with Gasteiger partial charge in [0.2, 0.25) is 0 Å². The van der Waals surface area contributed by atoms with Gasteiger partial charge >= 0.3 is 5.97 Å². The third-order valence-electron chi connectivity index (χ3n) is 4.14. The molecular formula is C23H27N3O6S. The van der Waals surface area contributed by atoms with Gasteiger partial charge in [-0.05, 0) is 68.0 Å². The SMILES string of the molecule is CCCCOc1cccc(C(=O)NC(=S)NNC(=O)COc2ccc(C(=O)OCC)cc2)c1. The molecule has 0 aliphatic heterocycles. The summed E-state index contributed by atoms with van der Waals surface area (Å²) in [6.07, 6.45) is 1.94. The average molecular weight is 474 g/mol. The summed E-state index contributed by atoms with van der Waals surface area (Å²) in [6.45, 7) is 4.34. The van der Waals surface area contributed by atoms with E-state index < -0.39 is 17.8 Å². The van der Waals surface area contributed by atoms with E-state index in [1.54, 1.807) is 43.3 Å². The van der Waals surface area contributed by atoms with Crippen LogP contribution in [0.15, 0.2) is 48.5 Å². The Balaban J connectivity index is 1.73. The first-order valence-electron chi connectivity index (χ1n) is 10.5. The van der Waals surface area contributed by atoms with Gasteiger partial charge in [0.15, 0.2) is 11.7 Å². The Morgan fingerprint density at radius 2 is 1.67 bits per heavy atom. The molecule has 2 aromatic carbocycles. The Kier molecular flexibility index (Phi) is 10.6. The van der Waals surface area contributed by atoms with Crippen molar-refractivity contribution in [1.82, 2.24) is 16.2 Å². The Morgan fingerprint density at radius 3 is 2.36 bits per heavy atom. The van der Waals surface area contributed by atoms with Gasteiger partial charge in [-0.2, -0.15) is 0 Å². The number of unbranched alkanes of at least 4 members (excludes halogenated alkanes) is 1. The molecule has 0 fully saturated rings. The second kappa shape index (κ2) is 13.7. The molecule has 10 heteroatoms. The van der Waals surface area contributed by atoms with Gasteiger partial charge in [0, 0.05) is 5.56 Å². The molecule has 33 heavy (non-hydrogen) atoms.